The maximum Gasteiger partial charge on any atom is 0.242 e. The van der Waals surface area contributed by atoms with Crippen LogP contribution in [0, 0.1) is 0 Å². The third-order valence-corrected chi connectivity index (χ3v) is 6.63. The Morgan fingerprint density at radius 2 is 1.67 bits per heavy atom. The van der Waals surface area contributed by atoms with Crippen LogP contribution >= 0.6 is 11.8 Å². The van der Waals surface area contributed by atoms with Gasteiger partial charge in [0, 0.05) is 12.1 Å². The minimum Gasteiger partial charge on any atom is -0.384 e. The Hall–Kier alpha value is -3.38. The van der Waals surface area contributed by atoms with Crippen molar-refractivity contribution in [3.63, 3.8) is 0 Å². The second-order valence-electron chi connectivity index (χ2n) is 7.92. The molecule has 1 N–H and O–H groups in total. The van der Waals surface area contributed by atoms with E-state index < -0.39 is 0 Å². The summed E-state index contributed by atoms with van der Waals surface area (Å²) in [4.78, 5) is 32.1. The van der Waals surface area contributed by atoms with Gasteiger partial charge in [-0.1, -0.05) is 72.4 Å². The summed E-state index contributed by atoms with van der Waals surface area (Å²) >= 11 is 1.49. The first-order valence-electron chi connectivity index (χ1n) is 11.1. The molecule has 0 bridgehead atoms. The van der Waals surface area contributed by atoms with E-state index in [4.69, 9.17) is 4.99 Å². The largest absolute Gasteiger partial charge is 0.384 e. The summed E-state index contributed by atoms with van der Waals surface area (Å²) in [6, 6.07) is 25.5. The predicted molar refractivity (Wildman–Crippen MR) is 136 cm³/mol. The van der Waals surface area contributed by atoms with Gasteiger partial charge in [-0.2, -0.15) is 0 Å². The molecule has 1 amide bonds. The number of amidine groups is 1. The highest BCUT2D eigenvalue weighted by molar-refractivity contribution is 8.15. The highest BCUT2D eigenvalue weighted by Crippen LogP contribution is 2.35. The summed E-state index contributed by atoms with van der Waals surface area (Å²) in [5, 5.41) is 3.73. The lowest BCUT2D eigenvalue weighted by atomic mass is 10.1. The number of nitrogens with one attached hydrogen (secondary N) is 1. The number of amides is 1. The van der Waals surface area contributed by atoms with Crippen LogP contribution in [0.4, 0.5) is 11.4 Å². The molecule has 1 fully saturated rings. The van der Waals surface area contributed by atoms with Crippen molar-refractivity contribution < 1.29 is 9.59 Å². The molecule has 1 aliphatic rings. The molecule has 0 spiro atoms. The number of hydrogen-bond acceptors (Lipinski definition) is 5. The van der Waals surface area contributed by atoms with Crippen LogP contribution in [-0.4, -0.2) is 33.6 Å². The Balaban J connectivity index is 1.71. The number of carbonyl (C=O) groups excluding carboxylic acids is 2. The van der Waals surface area contributed by atoms with Crippen molar-refractivity contribution in [2.75, 3.05) is 11.9 Å². The second kappa shape index (κ2) is 10.5. The molecule has 3 aromatic carbocycles. The van der Waals surface area contributed by atoms with Gasteiger partial charge in [0.15, 0.2) is 11.0 Å². The molecule has 168 valence electrons. The molecule has 1 saturated heterocycles. The first-order chi connectivity index (χ1) is 16.0. The van der Waals surface area contributed by atoms with Gasteiger partial charge in [-0.05, 0) is 49.6 Å². The number of ketones is 1. The number of hydrogen-bond donors (Lipinski definition) is 1. The van der Waals surface area contributed by atoms with Gasteiger partial charge < -0.3 is 5.32 Å². The predicted octanol–water partition coefficient (Wildman–Crippen LogP) is 5.70. The van der Waals surface area contributed by atoms with Crippen LogP contribution in [0.3, 0.4) is 0 Å². The third kappa shape index (κ3) is 5.52. The number of aliphatic imine (C=N–C) groups is 1. The average molecular weight is 458 g/mol. The molecule has 4 rings (SSSR count). The van der Waals surface area contributed by atoms with E-state index in [0.717, 1.165) is 23.4 Å². The Labute approximate surface area is 198 Å². The van der Waals surface area contributed by atoms with E-state index in [0.29, 0.717) is 29.4 Å². The van der Waals surface area contributed by atoms with Gasteiger partial charge in [0.25, 0.3) is 0 Å². The van der Waals surface area contributed by atoms with E-state index in [1.165, 1.54) is 11.8 Å². The van der Waals surface area contributed by atoms with E-state index in [9.17, 15) is 9.59 Å². The van der Waals surface area contributed by atoms with E-state index in [-0.39, 0.29) is 16.9 Å². The number of rotatable bonds is 8. The Kier molecular flexibility index (Phi) is 7.25. The van der Waals surface area contributed by atoms with Gasteiger partial charge in [0.05, 0.1) is 23.2 Å². The Bertz CT molecular complexity index is 1160. The van der Waals surface area contributed by atoms with Crippen molar-refractivity contribution in [2.45, 2.75) is 32.1 Å². The molecule has 1 unspecified atom stereocenters. The molecule has 6 heteroatoms. The average Bonchev–Trinajstić information content (AvgIpc) is 3.10. The van der Waals surface area contributed by atoms with Crippen LogP contribution in [0.25, 0.3) is 0 Å². The molecule has 0 aromatic heterocycles. The Morgan fingerprint density at radius 3 is 2.30 bits per heavy atom. The van der Waals surface area contributed by atoms with Crippen LogP contribution in [0.1, 0.15) is 35.3 Å². The van der Waals surface area contributed by atoms with E-state index in [1.54, 1.807) is 24.0 Å². The molecule has 33 heavy (non-hydrogen) atoms. The maximum absolute atomic E-state index is 13.5. The number of thioether (sulfide) groups is 1. The normalized spacial score (nSPS) is 16.9. The zero-order valence-corrected chi connectivity index (χ0v) is 19.6. The standard InChI is InChI=1S/C27H27N3O2S/c1-3-28-23-15-14-22(19(2)31)17-24(23)29-27-30(18-21-12-8-5-9-13-21)26(32)25(33-27)16-20-10-6-4-7-11-20/h4-15,17,25,28H,3,16,18H2,1-2H3. The van der Waals surface area contributed by atoms with E-state index >= 15 is 0 Å². The summed E-state index contributed by atoms with van der Waals surface area (Å²) in [6.45, 7) is 4.75. The van der Waals surface area contributed by atoms with Crippen LogP contribution < -0.4 is 5.32 Å². The van der Waals surface area contributed by atoms with Gasteiger partial charge in [-0.15, -0.1) is 0 Å². The van der Waals surface area contributed by atoms with Crippen LogP contribution in [0.15, 0.2) is 83.9 Å². The molecular weight excluding hydrogens is 430 g/mol. The number of carbonyl (C=O) groups is 2. The van der Waals surface area contributed by atoms with Gasteiger partial charge in [-0.3, -0.25) is 14.5 Å². The number of nitrogens with zero attached hydrogens (tertiary/aromatic N) is 2. The summed E-state index contributed by atoms with van der Waals surface area (Å²) in [6.07, 6.45) is 0.641. The molecule has 1 heterocycles. The lowest BCUT2D eigenvalue weighted by Gasteiger charge is -2.17. The van der Waals surface area contributed by atoms with E-state index in [2.05, 4.69) is 5.32 Å². The van der Waals surface area contributed by atoms with Crippen LogP contribution in [0.2, 0.25) is 0 Å². The lowest BCUT2D eigenvalue weighted by Crippen LogP contribution is -2.32. The van der Waals surface area contributed by atoms with Crippen LogP contribution in [0.5, 0.6) is 0 Å². The highest BCUT2D eigenvalue weighted by Gasteiger charge is 2.38. The van der Waals surface area contributed by atoms with E-state index in [1.807, 2.05) is 73.7 Å². The molecule has 0 radical (unpaired) electrons. The monoisotopic (exact) mass is 457 g/mol. The first-order valence-corrected chi connectivity index (χ1v) is 12.0. The molecule has 5 nitrogen and oxygen atoms in total. The summed E-state index contributed by atoms with van der Waals surface area (Å²) < 4.78 is 0. The van der Waals surface area contributed by atoms with Crippen molar-refractivity contribution in [1.29, 1.82) is 0 Å². The minimum absolute atomic E-state index is 0.0160. The summed E-state index contributed by atoms with van der Waals surface area (Å²) in [5.41, 5.74) is 4.27. The minimum atomic E-state index is -0.242. The van der Waals surface area contributed by atoms with Gasteiger partial charge in [0.1, 0.15) is 0 Å². The smallest absolute Gasteiger partial charge is 0.242 e. The fourth-order valence-electron chi connectivity index (χ4n) is 3.75. The van der Waals surface area contributed by atoms with Crippen molar-refractivity contribution in [3.8, 4) is 0 Å². The zero-order valence-electron chi connectivity index (χ0n) is 18.8. The SMILES string of the molecule is CCNc1ccc(C(C)=O)cc1N=C1SC(Cc2ccccc2)C(=O)N1Cc1ccccc1. The molecule has 1 atom stereocenters. The van der Waals surface area contributed by atoms with Gasteiger partial charge in [0.2, 0.25) is 5.91 Å². The van der Waals surface area contributed by atoms with Crippen molar-refractivity contribution in [1.82, 2.24) is 4.90 Å². The molecule has 3 aromatic rings. The van der Waals surface area contributed by atoms with Gasteiger partial charge in [-0.25, -0.2) is 4.99 Å². The molecule has 0 saturated carbocycles. The number of anilines is 1. The molecular formula is C27H27N3O2S. The zero-order chi connectivity index (χ0) is 23.2. The third-order valence-electron chi connectivity index (χ3n) is 5.46. The lowest BCUT2D eigenvalue weighted by molar-refractivity contribution is -0.126. The van der Waals surface area contributed by atoms with Gasteiger partial charge >= 0.3 is 0 Å². The van der Waals surface area contributed by atoms with Crippen molar-refractivity contribution in [2.24, 2.45) is 4.99 Å². The highest BCUT2D eigenvalue weighted by atomic mass is 32.2. The molecule has 0 aliphatic carbocycles. The summed E-state index contributed by atoms with van der Waals surface area (Å²) in [5.74, 6) is 0.0388. The maximum atomic E-state index is 13.5. The fourth-order valence-corrected chi connectivity index (χ4v) is 4.94. The molecule has 1 aliphatic heterocycles. The first kappa shape index (κ1) is 22.8. The Morgan fingerprint density at radius 1 is 1.00 bits per heavy atom. The van der Waals surface area contributed by atoms with Crippen LogP contribution in [-0.2, 0) is 17.8 Å². The van der Waals surface area contributed by atoms with Crippen molar-refractivity contribution >= 4 is 40.0 Å². The van der Waals surface area contributed by atoms with Crippen molar-refractivity contribution in [3.05, 3.63) is 95.6 Å². The quantitative estimate of drug-likeness (QED) is 0.441. The number of Topliss-reactive ketones (excluding diaryl/α,β-unsaturated/α-hetero) is 1. The topological polar surface area (TPSA) is 61.8 Å². The fraction of sp³-hybridized carbons (Fsp3) is 0.222. The summed E-state index contributed by atoms with van der Waals surface area (Å²) in [7, 11) is 0. The second-order valence-corrected chi connectivity index (χ2v) is 9.09. The number of benzene rings is 3.